The number of carboxylic acid groups (broad SMARTS) is 2. The van der Waals surface area contributed by atoms with Crippen molar-refractivity contribution in [2.45, 2.75) is 70.1 Å². The number of aliphatic carboxylic acids is 2. The van der Waals surface area contributed by atoms with E-state index in [1.807, 2.05) is 6.92 Å². The molecule has 0 aliphatic carbocycles. The van der Waals surface area contributed by atoms with Crippen molar-refractivity contribution in [3.8, 4) is 0 Å². The number of hydrogen-bond donors (Lipinski definition) is 7. The Hall–Kier alpha value is -4.00. The van der Waals surface area contributed by atoms with Crippen LogP contribution >= 0.6 is 0 Å². The highest BCUT2D eigenvalue weighted by Gasteiger charge is 2.32. The number of hydrogen-bond acceptors (Lipinski definition) is 7. The first kappa shape index (κ1) is 31.0. The molecule has 0 aromatic heterocycles. The van der Waals surface area contributed by atoms with Gasteiger partial charge in [-0.05, 0) is 17.9 Å². The summed E-state index contributed by atoms with van der Waals surface area (Å²) in [6, 6.07) is 3.07. The Morgan fingerprint density at radius 1 is 0.865 bits per heavy atom. The van der Waals surface area contributed by atoms with Gasteiger partial charge in [0.25, 0.3) is 0 Å². The summed E-state index contributed by atoms with van der Waals surface area (Å²) < 4.78 is 0. The smallest absolute Gasteiger partial charge is 0.326 e. The summed E-state index contributed by atoms with van der Waals surface area (Å²) in [7, 11) is 0. The Labute approximate surface area is 214 Å². The second kappa shape index (κ2) is 15.2. The standard InChI is InChI=1S/C24H35N5O8/c1-3-13(2)20(26)23(35)27-15(9-10-18(25)30)21(33)28-16(12-19(31)32)22(34)29-17(24(36)37)11-14-7-5-4-6-8-14/h4-8,13,15-17,20H,3,9-12,26H2,1-2H3,(H2,25,30)(H,27,35)(H,28,33)(H,29,34)(H,31,32)(H,36,37). The molecule has 13 nitrogen and oxygen atoms in total. The first-order chi connectivity index (χ1) is 17.3. The molecule has 0 aliphatic heterocycles. The zero-order valence-corrected chi connectivity index (χ0v) is 20.8. The Kier molecular flexibility index (Phi) is 12.7. The average molecular weight is 522 g/mol. The van der Waals surface area contributed by atoms with Gasteiger partial charge in [-0.2, -0.15) is 0 Å². The molecule has 1 aromatic rings. The molecular weight excluding hydrogens is 486 g/mol. The summed E-state index contributed by atoms with van der Waals surface area (Å²) in [6.45, 7) is 3.57. The summed E-state index contributed by atoms with van der Waals surface area (Å²) in [6.07, 6.45) is -0.877. The Morgan fingerprint density at radius 3 is 1.92 bits per heavy atom. The number of carbonyl (C=O) groups excluding carboxylic acids is 4. The SMILES string of the molecule is CCC(C)C(N)C(=O)NC(CCC(N)=O)C(=O)NC(CC(=O)O)C(=O)NC(Cc1ccccc1)C(=O)O. The lowest BCUT2D eigenvalue weighted by Gasteiger charge is -2.25. The van der Waals surface area contributed by atoms with Crippen molar-refractivity contribution in [1.82, 2.24) is 16.0 Å². The van der Waals surface area contributed by atoms with Crippen LogP contribution in [0, 0.1) is 5.92 Å². The molecule has 0 saturated carbocycles. The van der Waals surface area contributed by atoms with Crippen molar-refractivity contribution >= 4 is 35.6 Å². The molecule has 0 spiro atoms. The van der Waals surface area contributed by atoms with E-state index in [9.17, 15) is 39.0 Å². The Balaban J connectivity index is 3.05. The van der Waals surface area contributed by atoms with E-state index < -0.39 is 66.2 Å². The summed E-state index contributed by atoms with van der Waals surface area (Å²) >= 11 is 0. The number of nitrogens with two attached hydrogens (primary N) is 2. The van der Waals surface area contributed by atoms with Gasteiger partial charge < -0.3 is 37.6 Å². The highest BCUT2D eigenvalue weighted by atomic mass is 16.4. The van der Waals surface area contributed by atoms with E-state index in [0.717, 1.165) is 0 Å². The summed E-state index contributed by atoms with van der Waals surface area (Å²) in [5.74, 6) is -6.44. The molecule has 5 unspecified atom stereocenters. The fourth-order valence-electron chi connectivity index (χ4n) is 3.31. The van der Waals surface area contributed by atoms with Crippen LogP contribution in [0.15, 0.2) is 30.3 Å². The Bertz CT molecular complexity index is 971. The minimum atomic E-state index is -1.67. The minimum absolute atomic E-state index is 0.0829. The van der Waals surface area contributed by atoms with Gasteiger partial charge in [-0.1, -0.05) is 50.6 Å². The van der Waals surface area contributed by atoms with Crippen molar-refractivity contribution in [1.29, 1.82) is 0 Å². The van der Waals surface area contributed by atoms with Crippen molar-refractivity contribution < 1.29 is 39.0 Å². The maximum atomic E-state index is 13.0. The van der Waals surface area contributed by atoms with Crippen LogP contribution in [0.2, 0.25) is 0 Å². The van der Waals surface area contributed by atoms with Crippen LogP contribution in [-0.2, 0) is 35.2 Å². The molecule has 37 heavy (non-hydrogen) atoms. The van der Waals surface area contributed by atoms with E-state index in [2.05, 4.69) is 16.0 Å². The maximum Gasteiger partial charge on any atom is 0.326 e. The third-order valence-corrected chi connectivity index (χ3v) is 5.78. The van der Waals surface area contributed by atoms with Crippen LogP contribution in [0.3, 0.4) is 0 Å². The molecule has 0 radical (unpaired) electrons. The predicted molar refractivity (Wildman–Crippen MR) is 132 cm³/mol. The number of carboxylic acids is 2. The topological polar surface area (TPSA) is 231 Å². The van der Waals surface area contributed by atoms with Crippen LogP contribution in [0.4, 0.5) is 0 Å². The van der Waals surface area contributed by atoms with Gasteiger partial charge in [0, 0.05) is 12.8 Å². The number of carbonyl (C=O) groups is 6. The van der Waals surface area contributed by atoms with Crippen molar-refractivity contribution in [2.75, 3.05) is 0 Å². The molecule has 4 amide bonds. The molecule has 0 fully saturated rings. The molecule has 1 aromatic carbocycles. The second-order valence-corrected chi connectivity index (χ2v) is 8.73. The maximum absolute atomic E-state index is 13.0. The molecule has 0 saturated heterocycles. The van der Waals surface area contributed by atoms with Gasteiger partial charge in [0.2, 0.25) is 23.6 Å². The highest BCUT2D eigenvalue weighted by Crippen LogP contribution is 2.08. The van der Waals surface area contributed by atoms with Gasteiger partial charge >= 0.3 is 11.9 Å². The first-order valence-corrected chi connectivity index (χ1v) is 11.8. The van der Waals surface area contributed by atoms with Crippen LogP contribution in [0.5, 0.6) is 0 Å². The average Bonchev–Trinajstić information content (AvgIpc) is 2.84. The molecule has 9 N–H and O–H groups in total. The second-order valence-electron chi connectivity index (χ2n) is 8.73. The molecule has 0 heterocycles. The van der Waals surface area contributed by atoms with Gasteiger partial charge in [-0.15, -0.1) is 0 Å². The number of rotatable bonds is 16. The van der Waals surface area contributed by atoms with Gasteiger partial charge in [0.1, 0.15) is 18.1 Å². The van der Waals surface area contributed by atoms with Gasteiger partial charge in [0.15, 0.2) is 0 Å². The molecule has 5 atom stereocenters. The van der Waals surface area contributed by atoms with Crippen LogP contribution in [-0.4, -0.2) is 69.9 Å². The van der Waals surface area contributed by atoms with Gasteiger partial charge in [0.05, 0.1) is 12.5 Å². The van der Waals surface area contributed by atoms with E-state index >= 15 is 0 Å². The van der Waals surface area contributed by atoms with Gasteiger partial charge in [-0.3, -0.25) is 24.0 Å². The molecular formula is C24H35N5O8. The van der Waals surface area contributed by atoms with Crippen molar-refractivity contribution in [2.24, 2.45) is 17.4 Å². The Morgan fingerprint density at radius 2 is 1.41 bits per heavy atom. The zero-order valence-electron chi connectivity index (χ0n) is 20.8. The third kappa shape index (κ3) is 11.1. The molecule has 204 valence electrons. The van der Waals surface area contributed by atoms with Crippen molar-refractivity contribution in [3.05, 3.63) is 35.9 Å². The molecule has 0 bridgehead atoms. The zero-order chi connectivity index (χ0) is 28.1. The van der Waals surface area contributed by atoms with E-state index in [4.69, 9.17) is 11.5 Å². The summed E-state index contributed by atoms with van der Waals surface area (Å²) in [5, 5.41) is 25.7. The summed E-state index contributed by atoms with van der Waals surface area (Å²) in [4.78, 5) is 72.7. The third-order valence-electron chi connectivity index (χ3n) is 5.78. The van der Waals surface area contributed by atoms with E-state index in [1.165, 1.54) is 0 Å². The molecule has 1 rings (SSSR count). The van der Waals surface area contributed by atoms with Crippen LogP contribution < -0.4 is 27.4 Å². The highest BCUT2D eigenvalue weighted by molar-refractivity contribution is 5.95. The fourth-order valence-corrected chi connectivity index (χ4v) is 3.31. The molecule has 13 heteroatoms. The minimum Gasteiger partial charge on any atom is -0.481 e. The van der Waals surface area contributed by atoms with E-state index in [-0.39, 0.29) is 25.2 Å². The van der Waals surface area contributed by atoms with E-state index in [0.29, 0.717) is 12.0 Å². The predicted octanol–water partition coefficient (Wildman–Crippen LogP) is -1.12. The lowest BCUT2D eigenvalue weighted by Crippen LogP contribution is -2.58. The number of amides is 4. The lowest BCUT2D eigenvalue weighted by molar-refractivity contribution is -0.143. The quantitative estimate of drug-likeness (QED) is 0.139. The largest absolute Gasteiger partial charge is 0.481 e. The van der Waals surface area contributed by atoms with Gasteiger partial charge in [-0.25, -0.2) is 4.79 Å². The number of benzene rings is 1. The number of nitrogens with one attached hydrogen (secondary N) is 3. The normalized spacial score (nSPS) is 14.8. The first-order valence-electron chi connectivity index (χ1n) is 11.8. The monoisotopic (exact) mass is 521 g/mol. The lowest BCUT2D eigenvalue weighted by atomic mass is 9.98. The molecule has 0 aliphatic rings. The van der Waals surface area contributed by atoms with Crippen LogP contribution in [0.1, 0.15) is 45.1 Å². The van der Waals surface area contributed by atoms with Crippen molar-refractivity contribution in [3.63, 3.8) is 0 Å². The summed E-state index contributed by atoms with van der Waals surface area (Å²) in [5.41, 5.74) is 11.7. The van der Waals surface area contributed by atoms with Crippen LogP contribution in [0.25, 0.3) is 0 Å². The van der Waals surface area contributed by atoms with E-state index in [1.54, 1.807) is 37.3 Å². The fraction of sp³-hybridized carbons (Fsp3) is 0.500. The number of primary amides is 1.